The molecule has 120 valence electrons. The number of amides is 1. The molecule has 2 aliphatic rings. The standard InChI is InChI=1S/C18H27N3O/c1-20-11-12-21(17(14-20)16-5-3-2-4-6-16)18(22)13-15-7-9-19-10-8-15/h2-6,15,17,19H,7-14H2,1H3. The third kappa shape index (κ3) is 3.68. The van der Waals surface area contributed by atoms with Gasteiger partial charge in [0.05, 0.1) is 6.04 Å². The minimum atomic E-state index is 0.203. The molecule has 0 aromatic heterocycles. The molecule has 0 aliphatic carbocycles. The summed E-state index contributed by atoms with van der Waals surface area (Å²) in [6.45, 7) is 4.87. The second kappa shape index (κ2) is 7.25. The summed E-state index contributed by atoms with van der Waals surface area (Å²) in [4.78, 5) is 17.3. The number of rotatable bonds is 3. The maximum atomic E-state index is 12.8. The smallest absolute Gasteiger partial charge is 0.223 e. The third-order valence-electron chi connectivity index (χ3n) is 5.01. The second-order valence-electron chi connectivity index (χ2n) is 6.67. The zero-order valence-corrected chi connectivity index (χ0v) is 13.5. The lowest BCUT2D eigenvalue weighted by Gasteiger charge is -2.41. The SMILES string of the molecule is CN1CCN(C(=O)CC2CCNCC2)C(c2ccccc2)C1. The van der Waals surface area contributed by atoms with E-state index in [-0.39, 0.29) is 6.04 Å². The van der Waals surface area contributed by atoms with Crippen LogP contribution in [0.2, 0.25) is 0 Å². The third-order valence-corrected chi connectivity index (χ3v) is 5.01. The summed E-state index contributed by atoms with van der Waals surface area (Å²) < 4.78 is 0. The number of carbonyl (C=O) groups excluding carboxylic acids is 1. The van der Waals surface area contributed by atoms with E-state index in [1.165, 1.54) is 5.56 Å². The number of piperidine rings is 1. The van der Waals surface area contributed by atoms with Crippen molar-refractivity contribution in [1.29, 1.82) is 0 Å². The first kappa shape index (κ1) is 15.5. The van der Waals surface area contributed by atoms with E-state index in [4.69, 9.17) is 0 Å². The van der Waals surface area contributed by atoms with Gasteiger partial charge in [-0.3, -0.25) is 4.79 Å². The first-order chi connectivity index (χ1) is 10.7. The van der Waals surface area contributed by atoms with Gasteiger partial charge in [-0.15, -0.1) is 0 Å². The molecular weight excluding hydrogens is 274 g/mol. The fraction of sp³-hybridized carbons (Fsp3) is 0.611. The van der Waals surface area contributed by atoms with Crippen molar-refractivity contribution in [3.8, 4) is 0 Å². The molecule has 1 amide bonds. The number of likely N-dealkylation sites (N-methyl/N-ethyl adjacent to an activating group) is 1. The van der Waals surface area contributed by atoms with Crippen LogP contribution < -0.4 is 5.32 Å². The van der Waals surface area contributed by atoms with Crippen LogP contribution in [0.3, 0.4) is 0 Å². The normalized spacial score (nSPS) is 24.4. The molecule has 2 heterocycles. The van der Waals surface area contributed by atoms with Crippen molar-refractivity contribution in [3.05, 3.63) is 35.9 Å². The Kier molecular flexibility index (Phi) is 5.11. The molecule has 3 rings (SSSR count). The van der Waals surface area contributed by atoms with Crippen molar-refractivity contribution in [2.75, 3.05) is 39.8 Å². The fourth-order valence-corrected chi connectivity index (χ4v) is 3.63. The number of hydrogen-bond donors (Lipinski definition) is 1. The van der Waals surface area contributed by atoms with Gasteiger partial charge in [0, 0.05) is 26.1 Å². The van der Waals surface area contributed by atoms with Gasteiger partial charge in [-0.2, -0.15) is 0 Å². The van der Waals surface area contributed by atoms with E-state index in [9.17, 15) is 4.79 Å². The lowest BCUT2D eigenvalue weighted by Crippen LogP contribution is -2.49. The molecule has 22 heavy (non-hydrogen) atoms. The van der Waals surface area contributed by atoms with Crippen LogP contribution >= 0.6 is 0 Å². The number of hydrogen-bond acceptors (Lipinski definition) is 3. The Morgan fingerprint density at radius 1 is 1.18 bits per heavy atom. The first-order valence-corrected chi connectivity index (χ1v) is 8.47. The van der Waals surface area contributed by atoms with Gasteiger partial charge < -0.3 is 15.1 Å². The highest BCUT2D eigenvalue weighted by Crippen LogP contribution is 2.27. The van der Waals surface area contributed by atoms with Crippen LogP contribution in [-0.2, 0) is 4.79 Å². The van der Waals surface area contributed by atoms with Gasteiger partial charge in [-0.25, -0.2) is 0 Å². The maximum Gasteiger partial charge on any atom is 0.223 e. The Bertz CT molecular complexity index is 484. The van der Waals surface area contributed by atoms with Crippen LogP contribution in [0.4, 0.5) is 0 Å². The first-order valence-electron chi connectivity index (χ1n) is 8.47. The highest BCUT2D eigenvalue weighted by molar-refractivity contribution is 5.77. The Morgan fingerprint density at radius 2 is 1.91 bits per heavy atom. The molecule has 4 heteroatoms. The average Bonchev–Trinajstić information content (AvgIpc) is 2.56. The monoisotopic (exact) mass is 301 g/mol. The molecule has 0 spiro atoms. The van der Waals surface area contributed by atoms with Crippen molar-refractivity contribution < 1.29 is 4.79 Å². The van der Waals surface area contributed by atoms with Gasteiger partial charge in [0.2, 0.25) is 5.91 Å². The molecule has 0 saturated carbocycles. The Morgan fingerprint density at radius 3 is 2.64 bits per heavy atom. The predicted molar refractivity (Wildman–Crippen MR) is 88.6 cm³/mol. The predicted octanol–water partition coefficient (Wildman–Crippen LogP) is 1.89. The molecule has 1 unspecified atom stereocenters. The quantitative estimate of drug-likeness (QED) is 0.926. The van der Waals surface area contributed by atoms with E-state index in [0.29, 0.717) is 18.2 Å². The molecular formula is C18H27N3O. The lowest BCUT2D eigenvalue weighted by molar-refractivity contribution is -0.137. The van der Waals surface area contributed by atoms with Crippen LogP contribution in [0.25, 0.3) is 0 Å². The highest BCUT2D eigenvalue weighted by atomic mass is 16.2. The maximum absolute atomic E-state index is 12.8. The van der Waals surface area contributed by atoms with E-state index in [0.717, 1.165) is 45.6 Å². The molecule has 2 aliphatic heterocycles. The number of piperazine rings is 1. The van der Waals surface area contributed by atoms with Crippen molar-refractivity contribution in [1.82, 2.24) is 15.1 Å². The van der Waals surface area contributed by atoms with E-state index >= 15 is 0 Å². The highest BCUT2D eigenvalue weighted by Gasteiger charge is 2.31. The summed E-state index contributed by atoms with van der Waals surface area (Å²) in [5, 5.41) is 3.38. The van der Waals surface area contributed by atoms with Crippen molar-refractivity contribution in [2.45, 2.75) is 25.3 Å². The zero-order valence-electron chi connectivity index (χ0n) is 13.5. The molecule has 1 aromatic carbocycles. The van der Waals surface area contributed by atoms with E-state index < -0.39 is 0 Å². The Labute approximate surface area is 133 Å². The largest absolute Gasteiger partial charge is 0.333 e. The number of benzene rings is 1. The summed E-state index contributed by atoms with van der Waals surface area (Å²) in [6.07, 6.45) is 2.99. The van der Waals surface area contributed by atoms with Gasteiger partial charge in [-0.05, 0) is 44.5 Å². The van der Waals surface area contributed by atoms with Crippen molar-refractivity contribution in [2.24, 2.45) is 5.92 Å². The molecule has 0 bridgehead atoms. The Balaban J connectivity index is 1.70. The van der Waals surface area contributed by atoms with Crippen LogP contribution in [0.5, 0.6) is 0 Å². The van der Waals surface area contributed by atoms with Gasteiger partial charge in [0.1, 0.15) is 0 Å². The van der Waals surface area contributed by atoms with Crippen LogP contribution in [0, 0.1) is 5.92 Å². The summed E-state index contributed by atoms with van der Waals surface area (Å²) in [5.41, 5.74) is 1.26. The van der Waals surface area contributed by atoms with Crippen LogP contribution in [0.15, 0.2) is 30.3 Å². The molecule has 2 saturated heterocycles. The van der Waals surface area contributed by atoms with Crippen molar-refractivity contribution in [3.63, 3.8) is 0 Å². The van der Waals surface area contributed by atoms with E-state index in [1.807, 2.05) is 6.07 Å². The zero-order chi connectivity index (χ0) is 15.4. The molecule has 1 N–H and O–H groups in total. The van der Waals surface area contributed by atoms with E-state index in [2.05, 4.69) is 46.4 Å². The lowest BCUT2D eigenvalue weighted by atomic mass is 9.93. The minimum absolute atomic E-state index is 0.203. The van der Waals surface area contributed by atoms with Gasteiger partial charge in [0.25, 0.3) is 0 Å². The number of nitrogens with one attached hydrogen (secondary N) is 1. The molecule has 2 fully saturated rings. The summed E-state index contributed by atoms with van der Waals surface area (Å²) in [6, 6.07) is 10.7. The van der Waals surface area contributed by atoms with Crippen LogP contribution in [0.1, 0.15) is 30.9 Å². The molecule has 0 radical (unpaired) electrons. The van der Waals surface area contributed by atoms with Crippen LogP contribution in [-0.4, -0.2) is 55.5 Å². The van der Waals surface area contributed by atoms with Gasteiger partial charge in [-0.1, -0.05) is 30.3 Å². The summed E-state index contributed by atoms with van der Waals surface area (Å²) in [5.74, 6) is 0.902. The fourth-order valence-electron chi connectivity index (χ4n) is 3.63. The van der Waals surface area contributed by atoms with E-state index in [1.54, 1.807) is 0 Å². The van der Waals surface area contributed by atoms with Crippen molar-refractivity contribution >= 4 is 5.91 Å². The second-order valence-corrected chi connectivity index (χ2v) is 6.67. The summed E-state index contributed by atoms with van der Waals surface area (Å²) >= 11 is 0. The molecule has 1 atom stereocenters. The molecule has 1 aromatic rings. The molecule has 4 nitrogen and oxygen atoms in total. The topological polar surface area (TPSA) is 35.6 Å². The van der Waals surface area contributed by atoms with Gasteiger partial charge in [0.15, 0.2) is 0 Å². The summed E-state index contributed by atoms with van der Waals surface area (Å²) in [7, 11) is 2.14. The minimum Gasteiger partial charge on any atom is -0.333 e. The van der Waals surface area contributed by atoms with Gasteiger partial charge >= 0.3 is 0 Å². The number of nitrogens with zero attached hydrogens (tertiary/aromatic N) is 2. The average molecular weight is 301 g/mol. The Hall–Kier alpha value is -1.39. The number of carbonyl (C=O) groups is 1.